The normalized spacial score (nSPS) is 10.5. The molecular formula is C14H15NO6. The summed E-state index contributed by atoms with van der Waals surface area (Å²) in [5.41, 5.74) is 0.409. The van der Waals surface area contributed by atoms with Crippen molar-refractivity contribution in [3.8, 4) is 0 Å². The van der Waals surface area contributed by atoms with E-state index in [1.54, 1.807) is 24.3 Å². The van der Waals surface area contributed by atoms with Crippen molar-refractivity contribution in [2.24, 2.45) is 0 Å². The molecule has 1 aromatic rings. The molecule has 1 N–H and O–H groups in total. The van der Waals surface area contributed by atoms with Crippen LogP contribution >= 0.6 is 0 Å². The van der Waals surface area contributed by atoms with E-state index in [2.05, 4.69) is 14.8 Å². The van der Waals surface area contributed by atoms with Gasteiger partial charge >= 0.3 is 18.0 Å². The summed E-state index contributed by atoms with van der Waals surface area (Å²) in [4.78, 5) is 34.1. The minimum absolute atomic E-state index is 0.0271. The van der Waals surface area contributed by atoms with Crippen LogP contribution in [-0.4, -0.2) is 32.3 Å². The van der Waals surface area contributed by atoms with E-state index in [-0.39, 0.29) is 12.3 Å². The Bertz CT molecular complexity index is 538. The topological polar surface area (TPSA) is 90.9 Å². The van der Waals surface area contributed by atoms with Crippen molar-refractivity contribution in [2.75, 3.05) is 14.2 Å². The second-order valence-electron chi connectivity index (χ2n) is 3.76. The second-order valence-corrected chi connectivity index (χ2v) is 3.76. The summed E-state index contributed by atoms with van der Waals surface area (Å²) >= 11 is 0. The molecule has 0 heterocycles. The van der Waals surface area contributed by atoms with Crippen LogP contribution in [-0.2, 0) is 30.4 Å². The molecule has 0 atom stereocenters. The Morgan fingerprint density at radius 2 is 1.76 bits per heavy atom. The molecule has 0 aliphatic carbocycles. The number of carbonyl (C=O) groups excluding carboxylic acids is 3. The molecule has 7 heteroatoms. The molecule has 0 aliphatic rings. The summed E-state index contributed by atoms with van der Waals surface area (Å²) in [6.45, 7) is 0.0271. The van der Waals surface area contributed by atoms with E-state index < -0.39 is 18.0 Å². The number of benzene rings is 1. The van der Waals surface area contributed by atoms with E-state index in [0.29, 0.717) is 0 Å². The molecule has 1 aromatic carbocycles. The summed E-state index contributed by atoms with van der Waals surface area (Å²) in [5.74, 6) is -1.70. The third kappa shape index (κ3) is 5.77. The number of carbonyl (C=O) groups is 3. The number of amides is 1. The summed E-state index contributed by atoms with van der Waals surface area (Å²) in [6, 6.07) is 8.98. The molecule has 112 valence electrons. The predicted octanol–water partition coefficient (Wildman–Crippen LogP) is 1.14. The first kappa shape index (κ1) is 16.2. The van der Waals surface area contributed by atoms with Gasteiger partial charge in [-0.2, -0.15) is 0 Å². The highest BCUT2D eigenvalue weighted by Crippen LogP contribution is 2.02. The Labute approximate surface area is 121 Å². The van der Waals surface area contributed by atoms with Crippen molar-refractivity contribution >= 4 is 18.0 Å². The van der Waals surface area contributed by atoms with Crippen molar-refractivity contribution in [1.82, 2.24) is 5.32 Å². The monoisotopic (exact) mass is 293 g/mol. The Hall–Kier alpha value is -2.83. The van der Waals surface area contributed by atoms with Gasteiger partial charge < -0.3 is 14.2 Å². The summed E-state index contributed by atoms with van der Waals surface area (Å²) in [6.07, 6.45) is -0.0882. The van der Waals surface area contributed by atoms with E-state index in [9.17, 15) is 14.4 Å². The van der Waals surface area contributed by atoms with Gasteiger partial charge in [0.2, 0.25) is 0 Å². The number of ether oxygens (including phenoxy) is 3. The number of esters is 2. The zero-order valence-corrected chi connectivity index (χ0v) is 11.6. The number of methoxy groups -OCH3 is 2. The first-order valence-corrected chi connectivity index (χ1v) is 5.92. The number of hydrogen-bond donors (Lipinski definition) is 1. The van der Waals surface area contributed by atoms with E-state index in [0.717, 1.165) is 25.9 Å². The molecule has 1 rings (SSSR count). The van der Waals surface area contributed by atoms with Crippen LogP contribution in [0, 0.1) is 0 Å². The van der Waals surface area contributed by atoms with Gasteiger partial charge in [-0.05, 0) is 5.56 Å². The second kappa shape index (κ2) is 8.36. The third-order valence-corrected chi connectivity index (χ3v) is 2.32. The number of hydrogen-bond acceptors (Lipinski definition) is 6. The largest absolute Gasteiger partial charge is 0.466 e. The zero-order valence-electron chi connectivity index (χ0n) is 11.6. The fraction of sp³-hybridized carbons (Fsp3) is 0.214. The van der Waals surface area contributed by atoms with Crippen molar-refractivity contribution < 1.29 is 28.6 Å². The molecule has 0 saturated heterocycles. The van der Waals surface area contributed by atoms with Crippen molar-refractivity contribution in [3.05, 3.63) is 47.7 Å². The maximum atomic E-state index is 11.6. The van der Waals surface area contributed by atoms with Gasteiger partial charge in [0.05, 0.1) is 20.3 Å². The molecule has 0 bridgehead atoms. The Morgan fingerprint density at radius 1 is 1.10 bits per heavy atom. The molecule has 0 unspecified atom stereocenters. The molecule has 21 heavy (non-hydrogen) atoms. The lowest BCUT2D eigenvalue weighted by Crippen LogP contribution is -2.29. The number of alkyl carbamates (subject to hydrolysis) is 1. The molecule has 0 spiro atoms. The van der Waals surface area contributed by atoms with Crippen LogP contribution in [0.4, 0.5) is 4.79 Å². The minimum Gasteiger partial charge on any atom is -0.466 e. The van der Waals surface area contributed by atoms with E-state index in [4.69, 9.17) is 4.74 Å². The maximum absolute atomic E-state index is 11.6. The van der Waals surface area contributed by atoms with Crippen molar-refractivity contribution in [1.29, 1.82) is 0 Å². The molecule has 0 saturated carbocycles. The Morgan fingerprint density at radius 3 is 2.33 bits per heavy atom. The highest BCUT2D eigenvalue weighted by atomic mass is 16.6. The average molecular weight is 293 g/mol. The maximum Gasteiger partial charge on any atom is 0.412 e. The average Bonchev–Trinajstić information content (AvgIpc) is 2.52. The van der Waals surface area contributed by atoms with Gasteiger partial charge in [0.1, 0.15) is 12.3 Å². The lowest BCUT2D eigenvalue weighted by Gasteiger charge is -2.08. The van der Waals surface area contributed by atoms with Crippen molar-refractivity contribution in [2.45, 2.75) is 6.61 Å². The lowest BCUT2D eigenvalue weighted by molar-refractivity contribution is -0.138. The fourth-order valence-electron chi connectivity index (χ4n) is 1.30. The zero-order chi connectivity index (χ0) is 15.7. The highest BCUT2D eigenvalue weighted by molar-refractivity contribution is 5.98. The summed E-state index contributed by atoms with van der Waals surface area (Å²) < 4.78 is 13.7. The van der Waals surface area contributed by atoms with Crippen LogP contribution in [0.2, 0.25) is 0 Å². The lowest BCUT2D eigenvalue weighted by atomic mass is 10.2. The van der Waals surface area contributed by atoms with Crippen LogP contribution in [0.25, 0.3) is 0 Å². The van der Waals surface area contributed by atoms with Gasteiger partial charge in [-0.1, -0.05) is 30.3 Å². The number of nitrogens with one attached hydrogen (secondary N) is 1. The molecular weight excluding hydrogens is 278 g/mol. The Kier molecular flexibility index (Phi) is 6.46. The van der Waals surface area contributed by atoms with E-state index in [1.165, 1.54) is 0 Å². The highest BCUT2D eigenvalue weighted by Gasteiger charge is 2.16. The molecule has 0 aliphatic heterocycles. The molecule has 7 nitrogen and oxygen atoms in total. The van der Waals surface area contributed by atoms with Gasteiger partial charge in [-0.3, -0.25) is 5.32 Å². The van der Waals surface area contributed by atoms with Gasteiger partial charge in [0, 0.05) is 0 Å². The van der Waals surface area contributed by atoms with Gasteiger partial charge in [-0.25, -0.2) is 14.4 Å². The first-order valence-electron chi connectivity index (χ1n) is 5.92. The molecule has 1 amide bonds. The van der Waals surface area contributed by atoms with Gasteiger partial charge in [-0.15, -0.1) is 0 Å². The molecule has 0 aromatic heterocycles. The third-order valence-electron chi connectivity index (χ3n) is 2.32. The quantitative estimate of drug-likeness (QED) is 0.497. The van der Waals surface area contributed by atoms with Crippen LogP contribution in [0.1, 0.15) is 5.56 Å². The number of rotatable bonds is 5. The predicted molar refractivity (Wildman–Crippen MR) is 71.9 cm³/mol. The molecule has 0 fully saturated rings. The summed E-state index contributed by atoms with van der Waals surface area (Å²) in [5, 5.41) is 2.13. The van der Waals surface area contributed by atoms with Gasteiger partial charge in [0.15, 0.2) is 0 Å². The summed E-state index contributed by atoms with van der Waals surface area (Å²) in [7, 11) is 2.26. The standard InChI is InChI=1S/C14H15NO6/c1-19-12(16)8-11(13(17)20-2)15-14(18)21-9-10-6-4-3-5-7-10/h3-8H,9H2,1-2H3,(H,15,18)/b11-8+. The fourth-order valence-corrected chi connectivity index (χ4v) is 1.30. The van der Waals surface area contributed by atoms with Gasteiger partial charge in [0.25, 0.3) is 0 Å². The smallest absolute Gasteiger partial charge is 0.412 e. The van der Waals surface area contributed by atoms with E-state index in [1.807, 2.05) is 6.07 Å². The van der Waals surface area contributed by atoms with Crippen LogP contribution in [0.15, 0.2) is 42.1 Å². The van der Waals surface area contributed by atoms with Crippen LogP contribution in [0.5, 0.6) is 0 Å². The first-order chi connectivity index (χ1) is 10.1. The Balaban J connectivity index is 2.62. The minimum atomic E-state index is -0.892. The van der Waals surface area contributed by atoms with Crippen LogP contribution < -0.4 is 5.32 Å². The van der Waals surface area contributed by atoms with Crippen molar-refractivity contribution in [3.63, 3.8) is 0 Å². The molecule has 0 radical (unpaired) electrons. The van der Waals surface area contributed by atoms with Crippen LogP contribution in [0.3, 0.4) is 0 Å². The SMILES string of the molecule is COC(=O)/C=C(/NC(=O)OCc1ccccc1)C(=O)OC. The van der Waals surface area contributed by atoms with E-state index >= 15 is 0 Å².